The first-order chi connectivity index (χ1) is 31.0. The van der Waals surface area contributed by atoms with E-state index in [1.165, 1.54) is 30.2 Å². The molecule has 2 amide bonds. The zero-order valence-electron chi connectivity index (χ0n) is 34.2. The van der Waals surface area contributed by atoms with Crippen LogP contribution < -0.4 is 10.6 Å². The predicted molar refractivity (Wildman–Crippen MR) is 249 cm³/mol. The van der Waals surface area contributed by atoms with Crippen molar-refractivity contribution < 1.29 is 28.6 Å². The number of thiocarbonyl (C=S) groups is 1. The quantitative estimate of drug-likeness (QED) is 0.0363. The second-order valence-corrected chi connectivity index (χ2v) is 17.4. The molecule has 0 aliphatic carbocycles. The fourth-order valence-electron chi connectivity index (χ4n) is 8.27. The summed E-state index contributed by atoms with van der Waals surface area (Å²) in [6.45, 7) is 1.03. The molecule has 3 aliphatic heterocycles. The van der Waals surface area contributed by atoms with Crippen molar-refractivity contribution in [3.63, 3.8) is 0 Å². The van der Waals surface area contributed by atoms with Crippen LogP contribution >= 0.6 is 35.3 Å². The van der Waals surface area contributed by atoms with E-state index in [9.17, 15) is 9.59 Å². The number of carbonyl (C=O) groups is 2. The molecule has 2 N–H and O–H groups in total. The molecular weight excluding hydrogens is 851 g/mol. The van der Waals surface area contributed by atoms with Crippen molar-refractivity contribution in [2.45, 2.75) is 23.1 Å². The Morgan fingerprint density at radius 1 is 0.825 bits per heavy atom. The van der Waals surface area contributed by atoms with Crippen LogP contribution in [0.2, 0.25) is 0 Å². The second kappa shape index (κ2) is 19.1. The average Bonchev–Trinajstić information content (AvgIpc) is 3.82. The van der Waals surface area contributed by atoms with Crippen LogP contribution in [0.25, 0.3) is 0 Å². The first kappa shape index (κ1) is 42.2. The number of hydrogen-bond donors (Lipinski definition) is 2. The first-order valence-corrected chi connectivity index (χ1v) is 22.8. The van der Waals surface area contributed by atoms with Gasteiger partial charge in [-0.3, -0.25) is 14.5 Å². The predicted octanol–water partition coefficient (Wildman–Crippen LogP) is 8.31. The van der Waals surface area contributed by atoms with Gasteiger partial charge in [-0.1, -0.05) is 157 Å². The third-order valence-electron chi connectivity index (χ3n) is 11.3. The van der Waals surface area contributed by atoms with Crippen molar-refractivity contribution in [1.29, 1.82) is 0 Å². The molecular formula is C49H43N5O6S3. The maximum absolute atomic E-state index is 14.4. The van der Waals surface area contributed by atoms with Gasteiger partial charge in [-0.15, -0.1) is 23.1 Å². The van der Waals surface area contributed by atoms with E-state index in [1.807, 2.05) is 115 Å². The van der Waals surface area contributed by atoms with E-state index in [2.05, 4.69) is 52.2 Å². The minimum Gasteiger partial charge on any atom is -0.469 e. The Morgan fingerprint density at radius 2 is 1.35 bits per heavy atom. The smallest absolute Gasteiger partial charge is 0.276 e. The molecule has 6 aromatic rings. The molecule has 0 spiro atoms. The standard InChI is InChI=1S/C49H43N5O6S3/c1-57-53-40(39-30-63-48(50-39)52-49(35-21-11-4-12-22-35,36-23-13-5-14-24-36)37-25-15-6-16-26-37)44(55)51-41-45(56)54-42(38(29-62-46(41)54)34-27-58-31-59-28-34)47(61)60-43(32-17-7-2-8-18-32)33-19-9-3-10-20-33/h2-26,30,34,41,43,46H,27-29,31H2,1H3,(H,50,52)(H,51,55)/b53-40-/t41?,46-/m1/s1. The fourth-order valence-corrected chi connectivity index (χ4v) is 10.8. The number of carbonyl (C=O) groups excluding carboxylic acids is 2. The van der Waals surface area contributed by atoms with Crippen LogP contribution in [0.5, 0.6) is 0 Å². The molecule has 0 saturated carbocycles. The zero-order valence-corrected chi connectivity index (χ0v) is 36.6. The Kier molecular flexibility index (Phi) is 12.8. The highest BCUT2D eigenvalue weighted by Crippen LogP contribution is 2.45. The number of fused-ring (bicyclic) bond motifs is 1. The van der Waals surface area contributed by atoms with Crippen LogP contribution in [0.1, 0.15) is 39.6 Å². The lowest BCUT2D eigenvalue weighted by atomic mass is 9.77. The van der Waals surface area contributed by atoms with E-state index in [1.54, 1.807) is 10.3 Å². The first-order valence-electron chi connectivity index (χ1n) is 20.4. The number of thiazole rings is 1. The number of β-lactam (4-membered cyclic amide) rings is 1. The molecule has 1 aromatic heterocycles. The highest BCUT2D eigenvalue weighted by molar-refractivity contribution is 8.00. The number of benzene rings is 5. The molecule has 2 atom stereocenters. The summed E-state index contributed by atoms with van der Waals surface area (Å²) >= 11 is 8.99. The van der Waals surface area contributed by atoms with Crippen molar-refractivity contribution >= 4 is 63.0 Å². The Bertz CT molecular complexity index is 2470. The number of thioether (sulfide) groups is 1. The Hall–Kier alpha value is -6.16. The minimum atomic E-state index is -0.889. The Morgan fingerprint density at radius 3 is 1.87 bits per heavy atom. The van der Waals surface area contributed by atoms with Gasteiger partial charge in [0.2, 0.25) is 5.05 Å². The third kappa shape index (κ3) is 8.52. The summed E-state index contributed by atoms with van der Waals surface area (Å²) in [5.74, 6) is -0.562. The van der Waals surface area contributed by atoms with E-state index in [4.69, 9.17) is 36.3 Å². The van der Waals surface area contributed by atoms with Crippen molar-refractivity contribution in [2.24, 2.45) is 11.1 Å². The molecule has 63 heavy (non-hydrogen) atoms. The lowest BCUT2D eigenvalue weighted by Crippen LogP contribution is -2.71. The molecule has 2 fully saturated rings. The maximum Gasteiger partial charge on any atom is 0.276 e. The van der Waals surface area contributed by atoms with Gasteiger partial charge in [-0.2, -0.15) is 0 Å². The summed E-state index contributed by atoms with van der Waals surface area (Å²) < 4.78 is 18.1. The van der Waals surface area contributed by atoms with E-state index in [-0.39, 0.29) is 35.1 Å². The van der Waals surface area contributed by atoms with Gasteiger partial charge in [0.05, 0.1) is 18.9 Å². The number of nitrogens with one attached hydrogen (secondary N) is 2. The number of nitrogens with zero attached hydrogens (tertiary/aromatic N) is 3. The van der Waals surface area contributed by atoms with Gasteiger partial charge in [0.15, 0.2) is 10.8 Å². The molecule has 3 aliphatic rings. The van der Waals surface area contributed by atoms with Gasteiger partial charge in [0.25, 0.3) is 11.8 Å². The molecule has 0 radical (unpaired) electrons. The lowest BCUT2D eigenvalue weighted by Gasteiger charge is -2.51. The van der Waals surface area contributed by atoms with Gasteiger partial charge < -0.3 is 29.7 Å². The van der Waals surface area contributed by atoms with Crippen molar-refractivity contribution in [3.05, 3.63) is 202 Å². The van der Waals surface area contributed by atoms with Gasteiger partial charge in [0.1, 0.15) is 42.7 Å². The van der Waals surface area contributed by atoms with Crippen molar-refractivity contribution in [3.8, 4) is 0 Å². The molecule has 9 rings (SSSR count). The summed E-state index contributed by atoms with van der Waals surface area (Å²) in [6.07, 6.45) is -0.532. The van der Waals surface area contributed by atoms with Gasteiger partial charge in [0, 0.05) is 17.1 Å². The summed E-state index contributed by atoms with van der Waals surface area (Å²) in [5.41, 5.74) is 5.62. The molecule has 4 heterocycles. The lowest BCUT2D eigenvalue weighted by molar-refractivity contribution is -0.145. The number of hydrogen-bond acceptors (Lipinski definition) is 12. The van der Waals surface area contributed by atoms with Crippen LogP contribution in [-0.2, 0) is 34.2 Å². The SMILES string of the molecule is CO/N=C(\C(=O)NC1C(=O)N2C(C(=S)OC(c3ccccc3)c3ccccc3)=C(C3COCOC3)CS[C@H]12)c1csc(NC(c2ccccc2)(c2ccccc2)c2ccccc2)n1. The summed E-state index contributed by atoms with van der Waals surface area (Å²) in [6, 6.07) is 49.3. The summed E-state index contributed by atoms with van der Waals surface area (Å²) in [4.78, 5) is 40.4. The second-order valence-electron chi connectivity index (χ2n) is 15.0. The number of anilines is 1. The number of ether oxygens (including phenoxy) is 3. The number of aromatic nitrogens is 1. The summed E-state index contributed by atoms with van der Waals surface area (Å²) in [5, 5.41) is 12.9. The molecule has 2 saturated heterocycles. The number of oxime groups is 1. The molecule has 318 valence electrons. The monoisotopic (exact) mass is 893 g/mol. The number of rotatable bonds is 14. The highest BCUT2D eigenvalue weighted by atomic mass is 32.2. The van der Waals surface area contributed by atoms with E-state index < -0.39 is 29.0 Å². The van der Waals surface area contributed by atoms with Crippen LogP contribution in [0.15, 0.2) is 173 Å². The van der Waals surface area contributed by atoms with Gasteiger partial charge in [-0.25, -0.2) is 4.98 Å². The van der Waals surface area contributed by atoms with Crippen molar-refractivity contribution in [1.82, 2.24) is 15.2 Å². The Balaban J connectivity index is 0.983. The zero-order chi connectivity index (χ0) is 43.2. The minimum absolute atomic E-state index is 0.0704. The van der Waals surface area contributed by atoms with Crippen LogP contribution in [0, 0.1) is 5.92 Å². The molecule has 0 bridgehead atoms. The van der Waals surface area contributed by atoms with Crippen LogP contribution in [-0.4, -0.2) is 76.7 Å². The van der Waals surface area contributed by atoms with Crippen molar-refractivity contribution in [2.75, 3.05) is 38.2 Å². The highest BCUT2D eigenvalue weighted by Gasteiger charge is 2.55. The fraction of sp³-hybridized carbons (Fsp3) is 0.204. The normalized spacial score (nSPS) is 18.0. The Labute approximate surface area is 379 Å². The van der Waals surface area contributed by atoms with Gasteiger partial charge in [-0.05, 0) is 45.6 Å². The summed E-state index contributed by atoms with van der Waals surface area (Å²) in [7, 11) is 1.37. The van der Waals surface area contributed by atoms with Crippen LogP contribution in [0.4, 0.5) is 5.13 Å². The van der Waals surface area contributed by atoms with E-state index in [0.717, 1.165) is 33.4 Å². The average molecular weight is 894 g/mol. The number of amides is 2. The molecule has 1 unspecified atom stereocenters. The third-order valence-corrected chi connectivity index (χ3v) is 13.6. The van der Waals surface area contributed by atoms with Crippen LogP contribution in [0.3, 0.4) is 0 Å². The topological polar surface area (TPSA) is 124 Å². The van der Waals surface area contributed by atoms with Gasteiger partial charge >= 0.3 is 0 Å². The maximum atomic E-state index is 14.4. The largest absolute Gasteiger partial charge is 0.469 e. The van der Waals surface area contributed by atoms with E-state index in [0.29, 0.717) is 29.8 Å². The molecule has 11 nitrogen and oxygen atoms in total. The molecule has 14 heteroatoms. The molecule has 5 aromatic carbocycles. The van der Waals surface area contributed by atoms with E-state index >= 15 is 0 Å².